The maximum atomic E-state index is 4.50. The Morgan fingerprint density at radius 2 is 1.00 bits per heavy atom. The van der Waals surface area contributed by atoms with Gasteiger partial charge in [-0.1, -0.05) is 34.1 Å². The van der Waals surface area contributed by atoms with Crippen molar-refractivity contribution in [3.8, 4) is 0 Å². The van der Waals surface area contributed by atoms with Gasteiger partial charge in [0.2, 0.25) is 0 Å². The molecule has 11 heavy (non-hydrogen) atoms. The highest BCUT2D eigenvalue weighted by Gasteiger charge is 1.95. The molecule has 1 saturated carbocycles. The molecule has 54 valence electrons. The molecule has 0 aromatic rings. The van der Waals surface area contributed by atoms with Crippen molar-refractivity contribution in [3.63, 3.8) is 0 Å². The van der Waals surface area contributed by atoms with Crippen LogP contribution in [0.4, 0.5) is 0 Å². The molecule has 12 radical (unpaired) electrons. The minimum absolute atomic E-state index is 0. The first-order valence-electron chi connectivity index (χ1n) is 2.50. The van der Waals surface area contributed by atoms with Crippen molar-refractivity contribution in [2.45, 2.75) is 34.1 Å². The third kappa shape index (κ3) is 379. The molecular formula is C5H16B6. The van der Waals surface area contributed by atoms with Gasteiger partial charge in [0.25, 0.3) is 0 Å². The van der Waals surface area contributed by atoms with E-state index in [-0.39, 0.29) is 24.7 Å². The first-order valence-corrected chi connectivity index (χ1v) is 2.50. The summed E-state index contributed by atoms with van der Waals surface area (Å²) in [4.78, 5) is 0. The molecule has 0 aliphatic heterocycles. The third-order valence-corrected chi connectivity index (χ3v) is 0.354. The predicted octanol–water partition coefficient (Wildman–Crippen LogP) is 0.404. The van der Waals surface area contributed by atoms with Crippen molar-refractivity contribution < 1.29 is 1.43 Å². The van der Waals surface area contributed by atoms with Crippen LogP contribution in [-0.4, -0.2) is 46.4 Å². The summed E-state index contributed by atoms with van der Waals surface area (Å²) in [7, 11) is 18.0. The zero-order valence-corrected chi connectivity index (χ0v) is 5.59. The Hall–Kier alpha value is 0.390. The smallest absolute Gasteiger partial charge is 0 e. The Balaban J connectivity index is -0.00000000983. The number of rotatable bonds is 0. The second kappa shape index (κ2) is 47.5. The summed E-state index contributed by atoms with van der Waals surface area (Å²) in [5, 5.41) is 0. The zero-order chi connectivity index (χ0) is 6.83. The van der Waals surface area contributed by atoms with Crippen molar-refractivity contribution in [3.05, 3.63) is 0 Å². The molecule has 0 aromatic heterocycles. The summed E-state index contributed by atoms with van der Waals surface area (Å²) < 4.78 is 0. The van der Waals surface area contributed by atoms with Gasteiger partial charge in [0.15, 0.2) is 0 Å². The second-order valence-corrected chi connectivity index (χ2v) is 1.25. The molecule has 0 bridgehead atoms. The van der Waals surface area contributed by atoms with E-state index in [1.807, 2.05) is 0 Å². The Bertz CT molecular complexity index is 27.1. The lowest BCUT2D eigenvalue weighted by Gasteiger charge is -1.41. The summed E-state index contributed by atoms with van der Waals surface area (Å²) in [6, 6.07) is 0. The van der Waals surface area contributed by atoms with Gasteiger partial charge in [-0.15, -0.1) is 0 Å². The first-order chi connectivity index (χ1) is 3.91. The van der Waals surface area contributed by atoms with E-state index in [4.69, 9.17) is 0 Å². The lowest BCUT2D eigenvalue weighted by Crippen LogP contribution is -1.79. The van der Waals surface area contributed by atoms with Crippen molar-refractivity contribution in [1.82, 2.24) is 0 Å². The van der Waals surface area contributed by atoms with E-state index in [0.29, 0.717) is 0 Å². The van der Waals surface area contributed by atoms with E-state index in [1.165, 1.54) is 19.3 Å². The highest BCUT2D eigenvalue weighted by atomic mass is 14.0. The molecule has 1 rings (SSSR count). The zero-order valence-electron chi connectivity index (χ0n) is 5.59. The van der Waals surface area contributed by atoms with Crippen molar-refractivity contribution in [2.75, 3.05) is 0 Å². The lowest BCUT2D eigenvalue weighted by atomic mass is 9.40. The highest BCUT2D eigenvalue weighted by molar-refractivity contribution is 7.17. The molecule has 1 fully saturated rings. The molecule has 1 aliphatic carbocycles. The minimum atomic E-state index is 0. The summed E-state index contributed by atoms with van der Waals surface area (Å²) in [5.41, 5.74) is 0. The summed E-state index contributed by atoms with van der Waals surface area (Å²) in [6.07, 6.45) is 4.50. The van der Waals surface area contributed by atoms with E-state index >= 15 is 0 Å². The van der Waals surface area contributed by atoms with Crippen LogP contribution in [0.2, 0.25) is 0 Å². The predicted molar refractivity (Wildman–Crippen MR) is 64.0 cm³/mol. The maximum Gasteiger partial charge on any atom is 0 e. The molecule has 0 saturated heterocycles. The fourth-order valence-electron chi connectivity index (χ4n) is 0. The van der Waals surface area contributed by atoms with Crippen molar-refractivity contribution in [2.24, 2.45) is 0 Å². The molecule has 0 heterocycles. The summed E-state index contributed by atoms with van der Waals surface area (Å²) >= 11 is 0. The van der Waals surface area contributed by atoms with Crippen LogP contribution in [-0.2, 0) is 0 Å². The maximum absolute atomic E-state index is 4.50. The van der Waals surface area contributed by atoms with E-state index < -0.39 is 0 Å². The molecule has 1 aliphatic rings. The van der Waals surface area contributed by atoms with Gasteiger partial charge in [-0.2, -0.15) is 0 Å². The van der Waals surface area contributed by atoms with Gasteiger partial charge in [-0.25, -0.2) is 0 Å². The van der Waals surface area contributed by atoms with Gasteiger partial charge in [0.1, 0.15) is 0 Å². The average molecular weight is 143 g/mol. The number of hydrogen-bond donors (Lipinski definition) is 0. The molecule has 0 nitrogen and oxygen atoms in total. The molecule has 0 atom stereocenters. The van der Waals surface area contributed by atoms with E-state index in [2.05, 4.69) is 30.9 Å². The average Bonchev–Trinajstić information content (AvgIpc) is 2.54. The van der Waals surface area contributed by atoms with Gasteiger partial charge in [0, 0.05) is 47.8 Å². The minimum Gasteiger partial charge on any atom is -0.0776 e. The van der Waals surface area contributed by atoms with Crippen LogP contribution in [0.5, 0.6) is 0 Å². The monoisotopic (exact) mass is 144 g/mol. The quantitative estimate of drug-likeness (QED) is 0.430. The van der Waals surface area contributed by atoms with Crippen LogP contribution in [0.25, 0.3) is 0 Å². The van der Waals surface area contributed by atoms with E-state index in [0.717, 1.165) is 7.06 Å². The normalized spacial score (nSPS) is 8.00. The fraction of sp³-hybridized carbons (Fsp3) is 1.00. The molecule has 6 heteroatoms. The fourth-order valence-corrected chi connectivity index (χ4v) is 0. The number of hydrogen-bond acceptors (Lipinski definition) is 0. The summed E-state index contributed by atoms with van der Waals surface area (Å²) in [5.74, 6) is 0. The van der Waals surface area contributed by atoms with Gasteiger partial charge in [-0.3, -0.25) is 0 Å². The first kappa shape index (κ1) is 30.1. The molecule has 0 spiro atoms. The topological polar surface area (TPSA) is 0 Å². The third-order valence-electron chi connectivity index (χ3n) is 0.354. The van der Waals surface area contributed by atoms with Gasteiger partial charge in [-0.05, 0) is 0 Å². The van der Waals surface area contributed by atoms with Gasteiger partial charge in [0.05, 0.1) is 0 Å². The van der Waals surface area contributed by atoms with Crippen LogP contribution >= 0.6 is 0 Å². The van der Waals surface area contributed by atoms with Gasteiger partial charge < -0.3 is 0 Å². The van der Waals surface area contributed by atoms with E-state index in [9.17, 15) is 0 Å². The largest absolute Gasteiger partial charge is 0.0776 e. The van der Waals surface area contributed by atoms with Crippen molar-refractivity contribution >= 4 is 46.4 Å². The van der Waals surface area contributed by atoms with E-state index in [1.54, 1.807) is 0 Å². The Morgan fingerprint density at radius 1 is 0.909 bits per heavy atom. The molecular weight excluding hydrogens is 125 g/mol. The molecule has 0 unspecified atom stereocenters. The SMILES string of the molecule is C.C.C1CC1.[3HH].[B].[B][B].[B][B][B]. The Kier molecular flexibility index (Phi) is 130. The van der Waals surface area contributed by atoms with Crippen LogP contribution in [0, 0.1) is 0 Å². The van der Waals surface area contributed by atoms with Gasteiger partial charge >= 0.3 is 0 Å². The second-order valence-electron chi connectivity index (χ2n) is 1.25. The highest BCUT2D eigenvalue weighted by Crippen LogP contribution is 2.14. The molecule has 0 aromatic carbocycles. The Labute approximate surface area is 82.6 Å². The lowest BCUT2D eigenvalue weighted by molar-refractivity contribution is 1.50. The van der Waals surface area contributed by atoms with Crippen LogP contribution in [0.1, 0.15) is 35.5 Å². The van der Waals surface area contributed by atoms with Crippen LogP contribution in [0.15, 0.2) is 0 Å². The van der Waals surface area contributed by atoms with Crippen LogP contribution in [0.3, 0.4) is 0 Å². The van der Waals surface area contributed by atoms with Crippen LogP contribution < -0.4 is 0 Å². The standard InChI is InChI=1S/C3H6.2CH4.B3.B2.B.H2/c1-2-3-1;;;1-3-2;1-2;;/h1-3H2;2*1H4;;;;1H/i;;;;;;1+2. The summed E-state index contributed by atoms with van der Waals surface area (Å²) in [6.45, 7) is 0. The Morgan fingerprint density at radius 3 is 1.00 bits per heavy atom. The van der Waals surface area contributed by atoms with Crippen molar-refractivity contribution in [1.29, 1.82) is 0 Å². The molecule has 0 amide bonds. The molecule has 0 N–H and O–H groups in total.